The lowest BCUT2D eigenvalue weighted by Gasteiger charge is -2.23. The third kappa shape index (κ3) is 3.70. The Kier molecular flexibility index (Phi) is 5.18. The quantitative estimate of drug-likeness (QED) is 0.774. The zero-order valence-electron chi connectivity index (χ0n) is 13.0. The Hall–Kier alpha value is -2.48. The summed E-state index contributed by atoms with van der Waals surface area (Å²) in [7, 11) is -3.16. The van der Waals surface area contributed by atoms with Crippen molar-refractivity contribution in [3.8, 4) is 0 Å². The number of rotatable bonds is 5. The van der Waals surface area contributed by atoms with E-state index >= 15 is 0 Å². The van der Waals surface area contributed by atoms with Gasteiger partial charge in [-0.15, -0.1) is 0 Å². The molecule has 0 heterocycles. The molecule has 0 bridgehead atoms. The molecular formula is C16H15F2NO4S. The van der Waals surface area contributed by atoms with E-state index in [1.54, 1.807) is 19.1 Å². The average Bonchev–Trinajstić information content (AvgIpc) is 2.53. The van der Waals surface area contributed by atoms with Gasteiger partial charge in [-0.2, -0.15) is 0 Å². The minimum atomic E-state index is -4.24. The van der Waals surface area contributed by atoms with Gasteiger partial charge >= 0.3 is 5.97 Å². The molecule has 2 aromatic rings. The topological polar surface area (TPSA) is 63.7 Å². The summed E-state index contributed by atoms with van der Waals surface area (Å²) in [5, 5.41) is 0. The molecule has 8 heteroatoms. The van der Waals surface area contributed by atoms with Gasteiger partial charge in [0.15, 0.2) is 0 Å². The van der Waals surface area contributed by atoms with Crippen molar-refractivity contribution in [2.24, 2.45) is 0 Å². The number of nitrogens with zero attached hydrogens (tertiary/aromatic N) is 1. The van der Waals surface area contributed by atoms with Crippen molar-refractivity contribution in [3.63, 3.8) is 0 Å². The van der Waals surface area contributed by atoms with Crippen molar-refractivity contribution >= 4 is 21.7 Å². The number of carbonyl (C=O) groups is 1. The van der Waals surface area contributed by atoms with Crippen LogP contribution in [0, 0.1) is 18.6 Å². The van der Waals surface area contributed by atoms with Gasteiger partial charge in [-0.05, 0) is 31.2 Å². The first-order chi connectivity index (χ1) is 11.3. The lowest BCUT2D eigenvalue weighted by Crippen LogP contribution is -2.37. The van der Waals surface area contributed by atoms with Crippen LogP contribution in [0.1, 0.15) is 5.56 Å². The molecule has 2 rings (SSSR count). The first-order valence-electron chi connectivity index (χ1n) is 6.87. The van der Waals surface area contributed by atoms with E-state index in [0.29, 0.717) is 10.4 Å². The fraction of sp³-hybridized carbons (Fsp3) is 0.188. The Morgan fingerprint density at radius 1 is 1.12 bits per heavy atom. The van der Waals surface area contributed by atoms with Gasteiger partial charge in [0.2, 0.25) is 0 Å². The number of aryl methyl sites for hydroxylation is 1. The van der Waals surface area contributed by atoms with Gasteiger partial charge in [0.05, 0.1) is 17.7 Å². The predicted octanol–water partition coefficient (Wildman–Crippen LogP) is 2.64. The van der Waals surface area contributed by atoms with E-state index in [-0.39, 0.29) is 4.90 Å². The van der Waals surface area contributed by atoms with E-state index < -0.39 is 39.9 Å². The summed E-state index contributed by atoms with van der Waals surface area (Å²) in [6.45, 7) is 1.04. The molecule has 0 aliphatic carbocycles. The molecule has 0 saturated heterocycles. The number of ether oxygens (including phenoxy) is 1. The number of halogens is 2. The van der Waals surface area contributed by atoms with Gasteiger partial charge in [-0.1, -0.05) is 17.7 Å². The van der Waals surface area contributed by atoms with Crippen molar-refractivity contribution in [2.75, 3.05) is 18.0 Å². The Labute approximate surface area is 138 Å². The summed E-state index contributed by atoms with van der Waals surface area (Å²) < 4.78 is 57.8. The molecule has 128 valence electrons. The Bertz CT molecular complexity index is 851. The highest BCUT2D eigenvalue weighted by molar-refractivity contribution is 7.92. The van der Waals surface area contributed by atoms with E-state index in [2.05, 4.69) is 4.74 Å². The third-order valence-corrected chi connectivity index (χ3v) is 5.06. The molecule has 0 unspecified atom stereocenters. The van der Waals surface area contributed by atoms with E-state index in [4.69, 9.17) is 0 Å². The summed E-state index contributed by atoms with van der Waals surface area (Å²) in [6, 6.07) is 8.25. The van der Waals surface area contributed by atoms with Crippen molar-refractivity contribution in [1.29, 1.82) is 0 Å². The molecular weight excluding hydrogens is 340 g/mol. The van der Waals surface area contributed by atoms with Crippen LogP contribution in [-0.4, -0.2) is 28.0 Å². The van der Waals surface area contributed by atoms with Gasteiger partial charge in [-0.25, -0.2) is 17.2 Å². The van der Waals surface area contributed by atoms with Crippen molar-refractivity contribution in [3.05, 3.63) is 59.7 Å². The normalized spacial score (nSPS) is 11.2. The first-order valence-corrected chi connectivity index (χ1v) is 8.31. The number of methoxy groups -OCH3 is 1. The summed E-state index contributed by atoms with van der Waals surface area (Å²) in [6.07, 6.45) is 0. The Balaban J connectivity index is 2.57. The second kappa shape index (κ2) is 6.96. The van der Waals surface area contributed by atoms with Crippen LogP contribution < -0.4 is 4.31 Å². The fourth-order valence-corrected chi connectivity index (χ4v) is 3.42. The van der Waals surface area contributed by atoms with Crippen LogP contribution in [0.25, 0.3) is 0 Å². The number of benzene rings is 2. The maximum atomic E-state index is 14.1. The van der Waals surface area contributed by atoms with Crippen molar-refractivity contribution < 1.29 is 26.7 Å². The SMILES string of the molecule is COC(=O)CN(c1ccc(F)cc1F)S(=O)(=O)c1ccc(C)cc1. The predicted molar refractivity (Wildman–Crippen MR) is 84.1 cm³/mol. The highest BCUT2D eigenvalue weighted by Crippen LogP contribution is 2.27. The lowest BCUT2D eigenvalue weighted by atomic mass is 10.2. The van der Waals surface area contributed by atoms with Crippen LogP contribution in [0.5, 0.6) is 0 Å². The molecule has 5 nitrogen and oxygen atoms in total. The molecule has 2 aromatic carbocycles. The van der Waals surface area contributed by atoms with Crippen LogP contribution in [0.4, 0.5) is 14.5 Å². The summed E-state index contributed by atoms with van der Waals surface area (Å²) in [5.41, 5.74) is 0.392. The molecule has 0 spiro atoms. The minimum Gasteiger partial charge on any atom is -0.468 e. The number of hydrogen-bond donors (Lipinski definition) is 0. The number of carbonyl (C=O) groups excluding carboxylic acids is 1. The molecule has 0 aromatic heterocycles. The molecule has 0 amide bonds. The van der Waals surface area contributed by atoms with Crippen LogP contribution in [-0.2, 0) is 19.6 Å². The monoisotopic (exact) mass is 355 g/mol. The van der Waals surface area contributed by atoms with E-state index in [1.165, 1.54) is 12.1 Å². The van der Waals surface area contributed by atoms with Gasteiger partial charge < -0.3 is 4.74 Å². The molecule has 0 N–H and O–H groups in total. The zero-order valence-corrected chi connectivity index (χ0v) is 13.8. The Morgan fingerprint density at radius 3 is 2.29 bits per heavy atom. The molecule has 0 saturated carbocycles. The number of anilines is 1. The maximum absolute atomic E-state index is 14.1. The second-order valence-corrected chi connectivity index (χ2v) is 6.86. The molecule has 0 fully saturated rings. The van der Waals surface area contributed by atoms with Crippen molar-refractivity contribution in [1.82, 2.24) is 0 Å². The first kappa shape index (κ1) is 17.9. The smallest absolute Gasteiger partial charge is 0.326 e. The van der Waals surface area contributed by atoms with Crippen molar-refractivity contribution in [2.45, 2.75) is 11.8 Å². The molecule has 0 radical (unpaired) electrons. The number of sulfonamides is 1. The van der Waals surface area contributed by atoms with Gasteiger partial charge in [0.1, 0.15) is 18.2 Å². The van der Waals surface area contributed by atoms with Crippen LogP contribution in [0.3, 0.4) is 0 Å². The highest BCUT2D eigenvalue weighted by Gasteiger charge is 2.29. The lowest BCUT2D eigenvalue weighted by molar-refractivity contribution is -0.138. The third-order valence-electron chi connectivity index (χ3n) is 3.29. The summed E-state index contributed by atoms with van der Waals surface area (Å²) in [5.74, 6) is -2.84. The molecule has 24 heavy (non-hydrogen) atoms. The number of esters is 1. The van der Waals surface area contributed by atoms with E-state index in [0.717, 1.165) is 24.8 Å². The summed E-state index contributed by atoms with van der Waals surface area (Å²) in [4.78, 5) is 11.5. The molecule has 0 aliphatic rings. The van der Waals surface area contributed by atoms with Gasteiger partial charge in [0.25, 0.3) is 10.0 Å². The average molecular weight is 355 g/mol. The minimum absolute atomic E-state index is 0.124. The van der Waals surface area contributed by atoms with Crippen LogP contribution in [0.2, 0.25) is 0 Å². The van der Waals surface area contributed by atoms with E-state index in [1.807, 2.05) is 0 Å². The molecule has 0 atom stereocenters. The van der Waals surface area contributed by atoms with E-state index in [9.17, 15) is 22.0 Å². The van der Waals surface area contributed by atoms with Gasteiger partial charge in [0, 0.05) is 6.07 Å². The molecule has 0 aliphatic heterocycles. The zero-order chi connectivity index (χ0) is 17.9. The Morgan fingerprint density at radius 2 is 1.75 bits per heavy atom. The second-order valence-electron chi connectivity index (χ2n) is 5.00. The largest absolute Gasteiger partial charge is 0.468 e. The van der Waals surface area contributed by atoms with Crippen LogP contribution in [0.15, 0.2) is 47.4 Å². The summed E-state index contributed by atoms with van der Waals surface area (Å²) >= 11 is 0. The standard InChI is InChI=1S/C16H15F2NO4S/c1-11-3-6-13(7-4-11)24(21,22)19(10-16(20)23-2)15-8-5-12(17)9-14(15)18/h3-9H,10H2,1-2H3. The van der Waals surface area contributed by atoms with Crippen LogP contribution >= 0.6 is 0 Å². The highest BCUT2D eigenvalue weighted by atomic mass is 32.2. The fourth-order valence-electron chi connectivity index (χ4n) is 2.00. The maximum Gasteiger partial charge on any atom is 0.326 e. The van der Waals surface area contributed by atoms with Gasteiger partial charge in [-0.3, -0.25) is 9.10 Å². The number of hydrogen-bond acceptors (Lipinski definition) is 4.